The predicted molar refractivity (Wildman–Crippen MR) is 115 cm³/mol. The normalized spacial score (nSPS) is 16.4. The van der Waals surface area contributed by atoms with Crippen LogP contribution in [0.2, 0.25) is 0 Å². The second-order valence-corrected chi connectivity index (χ2v) is 8.41. The molecule has 0 spiro atoms. The largest absolute Gasteiger partial charge is 0.438 e. The zero-order chi connectivity index (χ0) is 19.9. The van der Waals surface area contributed by atoms with Crippen molar-refractivity contribution in [2.75, 3.05) is 43.4 Å². The maximum atomic E-state index is 6.13. The highest BCUT2D eigenvalue weighted by Gasteiger charge is 2.26. The predicted octanol–water partition coefficient (Wildman–Crippen LogP) is 2.99. The average Bonchev–Trinajstić information content (AvgIpc) is 3.11. The van der Waals surface area contributed by atoms with Crippen LogP contribution >= 0.6 is 0 Å². The fourth-order valence-corrected chi connectivity index (χ4v) is 3.85. The van der Waals surface area contributed by atoms with Gasteiger partial charge in [0.2, 0.25) is 5.89 Å². The van der Waals surface area contributed by atoms with Crippen molar-refractivity contribution >= 4 is 33.5 Å². The van der Waals surface area contributed by atoms with Gasteiger partial charge in [0.15, 0.2) is 16.9 Å². The van der Waals surface area contributed by atoms with Gasteiger partial charge in [-0.15, -0.1) is 0 Å². The summed E-state index contributed by atoms with van der Waals surface area (Å²) in [7, 11) is 0. The summed E-state index contributed by atoms with van der Waals surface area (Å²) in [6.07, 6.45) is 0. The molecule has 150 valence electrons. The molecule has 0 saturated carbocycles. The zero-order valence-electron chi connectivity index (χ0n) is 17.2. The molecular formula is C21H30N6O. The van der Waals surface area contributed by atoms with Crippen molar-refractivity contribution in [3.63, 3.8) is 0 Å². The van der Waals surface area contributed by atoms with Gasteiger partial charge in [-0.3, -0.25) is 4.90 Å². The van der Waals surface area contributed by atoms with Crippen LogP contribution in [-0.2, 0) is 6.54 Å². The van der Waals surface area contributed by atoms with Gasteiger partial charge in [-0.25, -0.2) is 9.97 Å². The molecule has 3 heterocycles. The summed E-state index contributed by atoms with van der Waals surface area (Å²) in [6, 6.07) is 6.32. The minimum atomic E-state index is 0.214. The van der Waals surface area contributed by atoms with Crippen LogP contribution in [0.3, 0.4) is 0 Å². The lowest BCUT2D eigenvalue weighted by Gasteiger charge is -2.43. The summed E-state index contributed by atoms with van der Waals surface area (Å²) in [5.41, 5.74) is 9.76. The number of benzene rings is 1. The Kier molecular flexibility index (Phi) is 4.89. The quantitative estimate of drug-likeness (QED) is 0.718. The minimum absolute atomic E-state index is 0.214. The van der Waals surface area contributed by atoms with Gasteiger partial charge in [0.1, 0.15) is 0 Å². The first-order valence-electron chi connectivity index (χ1n) is 10.1. The third-order valence-electron chi connectivity index (χ3n) is 5.50. The standard InChI is InChI=1S/C21H30N6O/c1-5-23-13-17-25-18-19(28-17)15-12-14(6-7-16(15)24-20(18)22)26-8-10-27(11-9-26)21(2,3)4/h6-7,12,23H,5,8-11,13H2,1-4H3,(H2,22,24). The number of hydrogen-bond donors (Lipinski definition) is 2. The fraction of sp³-hybridized carbons (Fsp3) is 0.524. The molecule has 7 heteroatoms. The van der Waals surface area contributed by atoms with Crippen LogP contribution in [0.5, 0.6) is 0 Å². The highest BCUT2D eigenvalue weighted by Crippen LogP contribution is 2.32. The van der Waals surface area contributed by atoms with Crippen LogP contribution in [-0.4, -0.2) is 53.1 Å². The van der Waals surface area contributed by atoms with E-state index in [1.165, 1.54) is 5.69 Å². The number of hydrogen-bond acceptors (Lipinski definition) is 7. The van der Waals surface area contributed by atoms with E-state index in [0.29, 0.717) is 23.8 Å². The molecule has 1 aromatic carbocycles. The van der Waals surface area contributed by atoms with Crippen LogP contribution in [0.15, 0.2) is 22.6 Å². The van der Waals surface area contributed by atoms with Crippen molar-refractivity contribution in [2.24, 2.45) is 0 Å². The lowest BCUT2D eigenvalue weighted by atomic mass is 10.0. The Balaban J connectivity index is 1.67. The van der Waals surface area contributed by atoms with E-state index in [0.717, 1.165) is 49.2 Å². The Bertz CT molecular complexity index is 982. The molecule has 28 heavy (non-hydrogen) atoms. The van der Waals surface area contributed by atoms with Gasteiger partial charge in [-0.1, -0.05) is 6.92 Å². The van der Waals surface area contributed by atoms with Crippen LogP contribution < -0.4 is 16.0 Å². The first-order valence-corrected chi connectivity index (χ1v) is 10.1. The highest BCUT2D eigenvalue weighted by atomic mass is 16.3. The first kappa shape index (κ1) is 19.0. The second kappa shape index (κ2) is 7.22. The van der Waals surface area contributed by atoms with Gasteiger partial charge in [0.25, 0.3) is 0 Å². The van der Waals surface area contributed by atoms with Crippen LogP contribution in [0, 0.1) is 0 Å². The van der Waals surface area contributed by atoms with Crippen molar-refractivity contribution in [3.8, 4) is 0 Å². The molecule has 1 aliphatic rings. The second-order valence-electron chi connectivity index (χ2n) is 8.41. The summed E-state index contributed by atoms with van der Waals surface area (Å²) >= 11 is 0. The van der Waals surface area contributed by atoms with Crippen molar-refractivity contribution in [2.45, 2.75) is 39.8 Å². The third-order valence-corrected chi connectivity index (χ3v) is 5.50. The molecule has 7 nitrogen and oxygen atoms in total. The molecule has 0 bridgehead atoms. The van der Waals surface area contributed by atoms with Crippen molar-refractivity contribution in [3.05, 3.63) is 24.1 Å². The third kappa shape index (κ3) is 3.52. The Hall–Kier alpha value is -2.38. The molecule has 0 aliphatic carbocycles. The van der Waals surface area contributed by atoms with Crippen LogP contribution in [0.25, 0.3) is 22.0 Å². The van der Waals surface area contributed by atoms with Gasteiger partial charge < -0.3 is 20.4 Å². The van der Waals surface area contributed by atoms with Gasteiger partial charge in [0.05, 0.1) is 12.1 Å². The Labute approximate surface area is 165 Å². The molecule has 4 rings (SSSR count). The Morgan fingerprint density at radius 1 is 1.14 bits per heavy atom. The van der Waals surface area contributed by atoms with Crippen molar-refractivity contribution in [1.82, 2.24) is 20.2 Å². The first-order chi connectivity index (χ1) is 13.4. The van der Waals surface area contributed by atoms with Crippen molar-refractivity contribution in [1.29, 1.82) is 0 Å². The van der Waals surface area contributed by atoms with E-state index < -0.39 is 0 Å². The number of fused-ring (bicyclic) bond motifs is 3. The van der Waals surface area contributed by atoms with E-state index >= 15 is 0 Å². The Morgan fingerprint density at radius 3 is 2.57 bits per heavy atom. The molecule has 0 amide bonds. The zero-order valence-corrected chi connectivity index (χ0v) is 17.2. The molecular weight excluding hydrogens is 352 g/mol. The fourth-order valence-electron chi connectivity index (χ4n) is 3.85. The number of pyridine rings is 1. The maximum Gasteiger partial charge on any atom is 0.209 e. The number of rotatable bonds is 4. The molecule has 0 unspecified atom stereocenters. The van der Waals surface area contributed by atoms with Gasteiger partial charge in [-0.05, 0) is 45.5 Å². The number of nitrogens with zero attached hydrogens (tertiary/aromatic N) is 4. The summed E-state index contributed by atoms with van der Waals surface area (Å²) in [4.78, 5) is 14.0. The lowest BCUT2D eigenvalue weighted by molar-refractivity contribution is 0.128. The number of oxazole rings is 1. The van der Waals surface area contributed by atoms with Crippen molar-refractivity contribution < 1.29 is 4.42 Å². The number of piperazine rings is 1. The number of nitrogens with two attached hydrogens (primary N) is 1. The lowest BCUT2D eigenvalue weighted by Crippen LogP contribution is -2.53. The topological polar surface area (TPSA) is 83.4 Å². The summed E-state index contributed by atoms with van der Waals surface area (Å²) in [5, 5.41) is 4.21. The van der Waals surface area contributed by atoms with E-state index in [1.54, 1.807) is 0 Å². The van der Waals surface area contributed by atoms with E-state index in [-0.39, 0.29) is 5.54 Å². The summed E-state index contributed by atoms with van der Waals surface area (Å²) in [5.74, 6) is 1.06. The number of nitrogens with one attached hydrogen (secondary N) is 1. The highest BCUT2D eigenvalue weighted by molar-refractivity contribution is 6.05. The minimum Gasteiger partial charge on any atom is -0.438 e. The molecule has 3 aromatic rings. The molecule has 1 saturated heterocycles. The van der Waals surface area contributed by atoms with E-state index in [9.17, 15) is 0 Å². The smallest absolute Gasteiger partial charge is 0.209 e. The molecule has 1 aliphatic heterocycles. The molecule has 3 N–H and O–H groups in total. The van der Waals surface area contributed by atoms with Gasteiger partial charge in [0, 0.05) is 42.8 Å². The summed E-state index contributed by atoms with van der Waals surface area (Å²) < 4.78 is 6.05. The van der Waals surface area contributed by atoms with E-state index in [4.69, 9.17) is 10.2 Å². The maximum absolute atomic E-state index is 6.13. The van der Waals surface area contributed by atoms with Crippen LogP contribution in [0.1, 0.15) is 33.6 Å². The molecule has 2 aromatic heterocycles. The Morgan fingerprint density at radius 2 is 1.89 bits per heavy atom. The molecule has 1 fully saturated rings. The van der Waals surface area contributed by atoms with Gasteiger partial charge in [-0.2, -0.15) is 0 Å². The monoisotopic (exact) mass is 382 g/mol. The summed E-state index contributed by atoms with van der Waals surface area (Å²) in [6.45, 7) is 14.5. The number of anilines is 2. The van der Waals surface area contributed by atoms with E-state index in [1.807, 2.05) is 6.07 Å². The van der Waals surface area contributed by atoms with Gasteiger partial charge >= 0.3 is 0 Å². The molecule has 0 atom stereocenters. The number of nitrogen functional groups attached to an aromatic ring is 1. The number of aromatic nitrogens is 2. The average molecular weight is 383 g/mol. The molecule has 0 radical (unpaired) electrons. The van der Waals surface area contributed by atoms with Crippen LogP contribution in [0.4, 0.5) is 11.5 Å². The van der Waals surface area contributed by atoms with E-state index in [2.05, 4.69) is 64.9 Å². The SMILES string of the molecule is CCNCc1nc2c(N)nc3ccc(N4CCN(C(C)(C)C)CC4)cc3c2o1.